The van der Waals surface area contributed by atoms with Crippen molar-refractivity contribution in [3.63, 3.8) is 0 Å². The number of nitrogens with one attached hydrogen (secondary N) is 2. The Morgan fingerprint density at radius 3 is 2.58 bits per heavy atom. The van der Waals surface area contributed by atoms with Gasteiger partial charge in [-0.15, -0.1) is 23.7 Å². The van der Waals surface area contributed by atoms with Crippen molar-refractivity contribution in [2.24, 2.45) is 11.7 Å². The van der Waals surface area contributed by atoms with E-state index >= 15 is 0 Å². The predicted molar refractivity (Wildman–Crippen MR) is 97.0 cm³/mol. The maximum atomic E-state index is 11.9. The van der Waals surface area contributed by atoms with Gasteiger partial charge in [0.15, 0.2) is 0 Å². The number of nitrogens with two attached hydrogens (primary N) is 1. The van der Waals surface area contributed by atoms with Gasteiger partial charge in [0.05, 0.1) is 18.8 Å². The molecule has 1 aromatic heterocycles. The molecule has 0 fully saturated rings. The first kappa shape index (κ1) is 20.1. The molecule has 0 saturated carbocycles. The molecule has 6 nitrogen and oxygen atoms in total. The van der Waals surface area contributed by atoms with Crippen molar-refractivity contribution in [3.05, 3.63) is 52.0 Å². The maximum absolute atomic E-state index is 11.9. The van der Waals surface area contributed by atoms with E-state index in [0.717, 1.165) is 10.7 Å². The van der Waals surface area contributed by atoms with Crippen LogP contribution in [0.5, 0.6) is 0 Å². The number of thiazole rings is 1. The molecule has 0 saturated heterocycles. The molecule has 2 amide bonds. The van der Waals surface area contributed by atoms with Crippen molar-refractivity contribution >= 4 is 35.6 Å². The fraction of sp³-hybridized carbons (Fsp3) is 0.312. The van der Waals surface area contributed by atoms with Crippen LogP contribution in [-0.4, -0.2) is 23.3 Å². The first-order chi connectivity index (χ1) is 11.1. The molecule has 1 atom stereocenters. The Morgan fingerprint density at radius 2 is 1.92 bits per heavy atom. The highest BCUT2D eigenvalue weighted by atomic mass is 35.5. The van der Waals surface area contributed by atoms with Crippen molar-refractivity contribution in [2.75, 3.05) is 6.54 Å². The van der Waals surface area contributed by atoms with Crippen LogP contribution in [0.15, 0.2) is 35.7 Å². The van der Waals surface area contributed by atoms with Gasteiger partial charge in [0.2, 0.25) is 5.91 Å². The molecule has 0 radical (unpaired) electrons. The molecule has 2 rings (SSSR count). The number of hydrogen-bond acceptors (Lipinski definition) is 5. The minimum Gasteiger partial charge on any atom is -0.350 e. The second kappa shape index (κ2) is 10.0. The normalized spacial score (nSPS) is 11.2. The Morgan fingerprint density at radius 1 is 1.21 bits per heavy atom. The summed E-state index contributed by atoms with van der Waals surface area (Å²) >= 11 is 1.45. The molecule has 1 heterocycles. The monoisotopic (exact) mass is 368 g/mol. The van der Waals surface area contributed by atoms with Gasteiger partial charge in [-0.05, 0) is 12.1 Å². The zero-order valence-corrected chi connectivity index (χ0v) is 15.0. The lowest BCUT2D eigenvalue weighted by Gasteiger charge is -2.08. The molecule has 0 aliphatic carbocycles. The molecule has 0 aliphatic rings. The third kappa shape index (κ3) is 5.92. The van der Waals surface area contributed by atoms with Crippen LogP contribution >= 0.6 is 23.7 Å². The Labute approximate surface area is 151 Å². The summed E-state index contributed by atoms with van der Waals surface area (Å²) < 4.78 is 0. The third-order valence-corrected chi connectivity index (χ3v) is 4.18. The Hall–Kier alpha value is -1.96. The summed E-state index contributed by atoms with van der Waals surface area (Å²) in [6, 6.07) is 9.03. The second-order valence-electron chi connectivity index (χ2n) is 5.14. The first-order valence-corrected chi connectivity index (χ1v) is 8.22. The summed E-state index contributed by atoms with van der Waals surface area (Å²) in [4.78, 5) is 28.0. The van der Waals surface area contributed by atoms with Gasteiger partial charge in [0.25, 0.3) is 5.91 Å². The molecular weight excluding hydrogens is 348 g/mol. The van der Waals surface area contributed by atoms with E-state index in [9.17, 15) is 9.59 Å². The van der Waals surface area contributed by atoms with Crippen LogP contribution in [0, 0.1) is 5.92 Å². The van der Waals surface area contributed by atoms with Gasteiger partial charge in [0.1, 0.15) is 5.01 Å². The van der Waals surface area contributed by atoms with E-state index < -0.39 is 0 Å². The molecule has 0 spiro atoms. The molecule has 0 bridgehead atoms. The third-order valence-electron chi connectivity index (χ3n) is 3.28. The smallest absolute Gasteiger partial charge is 0.251 e. The van der Waals surface area contributed by atoms with Crippen molar-refractivity contribution in [1.82, 2.24) is 15.6 Å². The van der Waals surface area contributed by atoms with Gasteiger partial charge in [-0.25, -0.2) is 4.98 Å². The molecule has 1 unspecified atom stereocenters. The Bertz CT molecular complexity index is 663. The topological polar surface area (TPSA) is 97.1 Å². The molecular formula is C16H21ClN4O2S. The van der Waals surface area contributed by atoms with Crippen LogP contribution in [0.3, 0.4) is 0 Å². The number of rotatable bonds is 7. The van der Waals surface area contributed by atoms with E-state index in [1.54, 1.807) is 19.1 Å². The van der Waals surface area contributed by atoms with Crippen molar-refractivity contribution in [3.8, 4) is 0 Å². The van der Waals surface area contributed by atoms with Crippen molar-refractivity contribution < 1.29 is 9.59 Å². The molecule has 130 valence electrons. The molecule has 4 N–H and O–H groups in total. The van der Waals surface area contributed by atoms with Gasteiger partial charge >= 0.3 is 0 Å². The summed E-state index contributed by atoms with van der Waals surface area (Å²) in [7, 11) is 0. The number of carbonyl (C=O) groups excluding carboxylic acids is 2. The summed E-state index contributed by atoms with van der Waals surface area (Å²) in [5.41, 5.74) is 6.84. The summed E-state index contributed by atoms with van der Waals surface area (Å²) in [6.07, 6.45) is 0. The highest BCUT2D eigenvalue weighted by Gasteiger charge is 2.11. The van der Waals surface area contributed by atoms with Crippen LogP contribution in [0.1, 0.15) is 28.0 Å². The maximum Gasteiger partial charge on any atom is 0.251 e. The van der Waals surface area contributed by atoms with Crippen LogP contribution in [0.4, 0.5) is 0 Å². The summed E-state index contributed by atoms with van der Waals surface area (Å²) in [5, 5.41) is 8.29. The predicted octanol–water partition coefficient (Wildman–Crippen LogP) is 1.71. The zero-order chi connectivity index (χ0) is 16.7. The number of halogens is 1. The molecule has 24 heavy (non-hydrogen) atoms. The fourth-order valence-corrected chi connectivity index (χ4v) is 2.55. The van der Waals surface area contributed by atoms with Gasteiger partial charge in [-0.3, -0.25) is 9.59 Å². The number of amides is 2. The summed E-state index contributed by atoms with van der Waals surface area (Å²) in [5.74, 6) is -0.426. The molecule has 1 aromatic carbocycles. The highest BCUT2D eigenvalue weighted by molar-refractivity contribution is 7.09. The van der Waals surface area contributed by atoms with E-state index in [1.807, 2.05) is 23.6 Å². The van der Waals surface area contributed by atoms with E-state index in [0.29, 0.717) is 25.2 Å². The fourth-order valence-electron chi connectivity index (χ4n) is 1.82. The number of aromatic nitrogens is 1. The largest absolute Gasteiger partial charge is 0.350 e. The van der Waals surface area contributed by atoms with E-state index in [-0.39, 0.29) is 30.1 Å². The quantitative estimate of drug-likeness (QED) is 0.693. The Kier molecular flexibility index (Phi) is 8.39. The summed E-state index contributed by atoms with van der Waals surface area (Å²) in [6.45, 7) is 2.83. The lowest BCUT2D eigenvalue weighted by molar-refractivity contribution is -0.124. The van der Waals surface area contributed by atoms with E-state index in [2.05, 4.69) is 15.6 Å². The number of nitrogens with zero attached hydrogens (tertiary/aromatic N) is 1. The van der Waals surface area contributed by atoms with Gasteiger partial charge in [0, 0.05) is 23.4 Å². The van der Waals surface area contributed by atoms with E-state index in [4.69, 9.17) is 5.73 Å². The van der Waals surface area contributed by atoms with Crippen LogP contribution < -0.4 is 16.4 Å². The Balaban J connectivity index is 0.00000288. The number of hydrogen-bond donors (Lipinski definition) is 3. The SMILES string of the molecule is CC(CN)C(=O)NCc1csc(CNC(=O)c2ccccc2)n1.Cl. The lowest BCUT2D eigenvalue weighted by Crippen LogP contribution is -2.32. The van der Waals surface area contributed by atoms with Crippen LogP contribution in [-0.2, 0) is 17.9 Å². The van der Waals surface area contributed by atoms with Crippen LogP contribution in [0.25, 0.3) is 0 Å². The minimum atomic E-state index is -0.210. The zero-order valence-electron chi connectivity index (χ0n) is 13.3. The minimum absolute atomic E-state index is 0. The first-order valence-electron chi connectivity index (χ1n) is 7.34. The second-order valence-corrected chi connectivity index (χ2v) is 6.08. The van der Waals surface area contributed by atoms with Crippen molar-refractivity contribution in [1.29, 1.82) is 0 Å². The number of carbonyl (C=O) groups is 2. The highest BCUT2D eigenvalue weighted by Crippen LogP contribution is 2.10. The standard InChI is InChI=1S/C16H20N4O2S.ClH/c1-11(7-17)15(21)18-8-13-10-23-14(20-13)9-19-16(22)12-5-3-2-4-6-12;/h2-6,10-11H,7-9,17H2,1H3,(H,18,21)(H,19,22);1H. The van der Waals surface area contributed by atoms with Crippen molar-refractivity contribution in [2.45, 2.75) is 20.0 Å². The van der Waals surface area contributed by atoms with Gasteiger partial charge in [-0.2, -0.15) is 0 Å². The van der Waals surface area contributed by atoms with Crippen LogP contribution in [0.2, 0.25) is 0 Å². The average molecular weight is 369 g/mol. The average Bonchev–Trinajstić information content (AvgIpc) is 3.05. The molecule has 8 heteroatoms. The van der Waals surface area contributed by atoms with Gasteiger partial charge < -0.3 is 16.4 Å². The lowest BCUT2D eigenvalue weighted by atomic mass is 10.2. The van der Waals surface area contributed by atoms with Gasteiger partial charge in [-0.1, -0.05) is 25.1 Å². The van der Waals surface area contributed by atoms with E-state index in [1.165, 1.54) is 11.3 Å². The molecule has 2 aromatic rings. The molecule has 0 aliphatic heterocycles. The number of benzene rings is 1.